The van der Waals surface area contributed by atoms with E-state index in [0.717, 1.165) is 0 Å². The largest absolute Gasteiger partial charge is 0.481 e. The summed E-state index contributed by atoms with van der Waals surface area (Å²) in [5.74, 6) is -2.84. The van der Waals surface area contributed by atoms with E-state index in [2.05, 4.69) is 20.0 Å². The molecule has 0 heterocycles. The zero-order valence-electron chi connectivity index (χ0n) is 17.1. The van der Waals surface area contributed by atoms with Gasteiger partial charge in [-0.05, 0) is 38.5 Å². The molecule has 1 aliphatic rings. The van der Waals surface area contributed by atoms with Gasteiger partial charge in [0.2, 0.25) is 24.3 Å². The van der Waals surface area contributed by atoms with Gasteiger partial charge in [-0.15, -0.1) is 0 Å². The summed E-state index contributed by atoms with van der Waals surface area (Å²) in [4.78, 5) is 81.5. The van der Waals surface area contributed by atoms with E-state index in [4.69, 9.17) is 0 Å². The monoisotopic (exact) mass is 446 g/mol. The van der Waals surface area contributed by atoms with E-state index in [-0.39, 0.29) is 51.6 Å². The van der Waals surface area contributed by atoms with E-state index >= 15 is 0 Å². The minimum absolute atomic E-state index is 0.00287. The molecule has 0 radical (unpaired) electrons. The van der Waals surface area contributed by atoms with Crippen LogP contribution in [-0.2, 0) is 28.8 Å². The molecule has 0 aliphatic heterocycles. The highest BCUT2D eigenvalue weighted by Crippen LogP contribution is 2.55. The molecule has 1 aliphatic carbocycles. The van der Waals surface area contributed by atoms with Gasteiger partial charge in [-0.3, -0.25) is 9.59 Å². The van der Waals surface area contributed by atoms with Crippen molar-refractivity contribution in [3.63, 3.8) is 0 Å². The van der Waals surface area contributed by atoms with Crippen LogP contribution in [0.5, 0.6) is 0 Å². The lowest BCUT2D eigenvalue weighted by atomic mass is 9.53. The molecule has 0 fully saturated rings. The first-order valence-electron chi connectivity index (χ1n) is 9.66. The molecule has 12 heteroatoms. The summed E-state index contributed by atoms with van der Waals surface area (Å²) in [7, 11) is 0. The molecule has 1 rings (SSSR count). The first-order chi connectivity index (χ1) is 15.3. The minimum Gasteiger partial charge on any atom is -0.481 e. The molecule has 0 spiro atoms. The summed E-state index contributed by atoms with van der Waals surface area (Å²) < 4.78 is 0. The van der Waals surface area contributed by atoms with Gasteiger partial charge in [0.05, 0.1) is 36.0 Å². The van der Waals surface area contributed by atoms with Crippen LogP contribution < -0.4 is 0 Å². The number of aliphatic imine (C=N–C) groups is 4. The van der Waals surface area contributed by atoms with E-state index < -0.39 is 34.9 Å². The lowest BCUT2D eigenvalue weighted by Crippen LogP contribution is -2.56. The van der Waals surface area contributed by atoms with Crippen molar-refractivity contribution in [2.75, 3.05) is 13.1 Å². The highest BCUT2D eigenvalue weighted by molar-refractivity contribution is 5.87. The second-order valence-corrected chi connectivity index (χ2v) is 7.33. The predicted molar refractivity (Wildman–Crippen MR) is 107 cm³/mol. The molecule has 170 valence electrons. The topological polar surface area (TPSA) is 192 Å². The maximum absolute atomic E-state index is 12.6. The number of aliphatic carboxylic acids is 2. The van der Waals surface area contributed by atoms with Crippen molar-refractivity contribution in [3.8, 4) is 0 Å². The zero-order chi connectivity index (χ0) is 24.0. The Balaban J connectivity index is 3.53. The number of hydrogen-bond acceptors (Lipinski definition) is 10. The van der Waals surface area contributed by atoms with Gasteiger partial charge in [0.1, 0.15) is 0 Å². The Bertz CT molecular complexity index is 850. The van der Waals surface area contributed by atoms with Crippen LogP contribution in [0.4, 0.5) is 0 Å². The molecular weight excluding hydrogens is 424 g/mol. The Labute approximate surface area is 182 Å². The maximum atomic E-state index is 12.6. The van der Waals surface area contributed by atoms with Crippen LogP contribution >= 0.6 is 0 Å². The fraction of sp³-hybridized carbons (Fsp3) is 0.600. The van der Waals surface area contributed by atoms with Crippen molar-refractivity contribution in [2.24, 2.45) is 30.8 Å². The highest BCUT2D eigenvalue weighted by atomic mass is 16.4. The zero-order valence-corrected chi connectivity index (χ0v) is 17.1. The number of isocyanates is 4. The SMILES string of the molecule is O=C=NCCC(CC1(C(=O)O)CC=CCC1(CC(CCN=C=O)N=C=O)C(=O)O)N=C=O. The number of carbonyl (C=O) groups excluding carboxylic acids is 4. The molecular formula is C20H22N4O8. The number of carbonyl (C=O) groups is 2. The van der Waals surface area contributed by atoms with Crippen LogP contribution in [0, 0.1) is 10.8 Å². The van der Waals surface area contributed by atoms with Crippen molar-refractivity contribution in [2.45, 2.75) is 50.6 Å². The van der Waals surface area contributed by atoms with Crippen molar-refractivity contribution < 1.29 is 39.0 Å². The highest BCUT2D eigenvalue weighted by Gasteiger charge is 2.62. The van der Waals surface area contributed by atoms with Crippen LogP contribution in [0.15, 0.2) is 32.1 Å². The van der Waals surface area contributed by atoms with Gasteiger partial charge in [-0.25, -0.2) is 39.1 Å². The maximum Gasteiger partial charge on any atom is 0.311 e. The van der Waals surface area contributed by atoms with Gasteiger partial charge in [0.25, 0.3) is 0 Å². The van der Waals surface area contributed by atoms with Crippen molar-refractivity contribution >= 4 is 36.3 Å². The average molecular weight is 446 g/mol. The molecule has 0 aromatic heterocycles. The molecule has 0 aromatic carbocycles. The first kappa shape index (κ1) is 26.2. The van der Waals surface area contributed by atoms with E-state index in [0.29, 0.717) is 0 Å². The Morgan fingerprint density at radius 2 is 1.12 bits per heavy atom. The van der Waals surface area contributed by atoms with Gasteiger partial charge in [0, 0.05) is 0 Å². The normalized spacial score (nSPS) is 23.2. The number of nitrogens with zero attached hydrogens (tertiary/aromatic N) is 4. The third-order valence-corrected chi connectivity index (χ3v) is 5.75. The predicted octanol–water partition coefficient (Wildman–Crippen LogP) is 1.12. The first-order valence-corrected chi connectivity index (χ1v) is 9.66. The summed E-state index contributed by atoms with van der Waals surface area (Å²) >= 11 is 0. The second-order valence-electron chi connectivity index (χ2n) is 7.33. The third kappa shape index (κ3) is 6.11. The Morgan fingerprint density at radius 3 is 1.41 bits per heavy atom. The number of carboxylic acids is 2. The lowest BCUT2D eigenvalue weighted by molar-refractivity contribution is -0.178. The van der Waals surface area contributed by atoms with Gasteiger partial charge < -0.3 is 10.2 Å². The Morgan fingerprint density at radius 1 is 0.750 bits per heavy atom. The smallest absolute Gasteiger partial charge is 0.311 e. The Hall–Kier alpha value is -3.80. The van der Waals surface area contributed by atoms with Crippen LogP contribution in [-0.4, -0.2) is 71.6 Å². The quantitative estimate of drug-likeness (QED) is 0.225. The lowest BCUT2D eigenvalue weighted by Gasteiger charge is -2.48. The summed E-state index contributed by atoms with van der Waals surface area (Å²) in [6.45, 7) is -0.181. The van der Waals surface area contributed by atoms with Crippen LogP contribution in [0.2, 0.25) is 0 Å². The van der Waals surface area contributed by atoms with Crippen LogP contribution in [0.1, 0.15) is 38.5 Å². The fourth-order valence-corrected chi connectivity index (χ4v) is 4.17. The van der Waals surface area contributed by atoms with E-state index in [1.807, 2.05) is 0 Å². The average Bonchev–Trinajstić information content (AvgIpc) is 2.75. The van der Waals surface area contributed by atoms with Gasteiger partial charge in [-0.2, -0.15) is 0 Å². The molecule has 12 nitrogen and oxygen atoms in total. The van der Waals surface area contributed by atoms with Crippen molar-refractivity contribution in [1.29, 1.82) is 0 Å². The molecule has 32 heavy (non-hydrogen) atoms. The standard InChI is InChI=1S/C20H22N4O8/c25-11-21-7-3-15(23-13-27)9-19(17(29)30)5-1-2-6-20(19,18(31)32)10-16(24-14-28)4-8-22-12-26/h1-2,15-16H,3-10H2,(H,29,30)(H,31,32). The van der Waals surface area contributed by atoms with E-state index in [1.165, 1.54) is 36.5 Å². The van der Waals surface area contributed by atoms with Gasteiger partial charge in [0.15, 0.2) is 0 Å². The van der Waals surface area contributed by atoms with Crippen LogP contribution in [0.25, 0.3) is 0 Å². The van der Waals surface area contributed by atoms with Crippen molar-refractivity contribution in [1.82, 2.24) is 0 Å². The van der Waals surface area contributed by atoms with Gasteiger partial charge >= 0.3 is 11.9 Å². The molecule has 0 bridgehead atoms. The van der Waals surface area contributed by atoms with E-state index in [9.17, 15) is 39.0 Å². The summed E-state index contributed by atoms with van der Waals surface area (Å²) in [5.41, 5.74) is -3.85. The molecule has 0 aromatic rings. The number of rotatable bonds is 14. The fourth-order valence-electron chi connectivity index (χ4n) is 4.17. The molecule has 4 atom stereocenters. The third-order valence-electron chi connectivity index (χ3n) is 5.75. The molecule has 4 unspecified atom stereocenters. The van der Waals surface area contributed by atoms with E-state index in [1.54, 1.807) is 0 Å². The minimum atomic E-state index is -1.92. The Kier molecular flexibility index (Phi) is 10.5. The summed E-state index contributed by atoms with van der Waals surface area (Å²) in [6, 6.07) is -1.95. The summed E-state index contributed by atoms with van der Waals surface area (Å²) in [5, 5.41) is 20.4. The summed E-state index contributed by atoms with van der Waals surface area (Å²) in [6.07, 6.45) is 7.37. The molecule has 2 N–H and O–H groups in total. The second kappa shape index (κ2) is 12.8. The van der Waals surface area contributed by atoms with Crippen molar-refractivity contribution in [3.05, 3.63) is 12.2 Å². The molecule has 0 amide bonds. The molecule has 0 saturated heterocycles. The number of carboxylic acid groups (broad SMARTS) is 2. The number of allylic oxidation sites excluding steroid dienone is 2. The molecule has 0 saturated carbocycles. The number of hydrogen-bond donors (Lipinski definition) is 2. The van der Waals surface area contributed by atoms with Crippen LogP contribution in [0.3, 0.4) is 0 Å². The van der Waals surface area contributed by atoms with Gasteiger partial charge in [-0.1, -0.05) is 12.2 Å².